The maximum absolute atomic E-state index is 6.34. The minimum Gasteiger partial charge on any atom is -0.420 e. The summed E-state index contributed by atoms with van der Waals surface area (Å²) < 4.78 is 36.9. The largest absolute Gasteiger partial charge is 0.481 e. The Bertz CT molecular complexity index is 351. The maximum Gasteiger partial charge on any atom is 0.481 e. The van der Waals surface area contributed by atoms with E-state index in [-0.39, 0.29) is 11.2 Å². The molecule has 1 aliphatic rings. The van der Waals surface area contributed by atoms with E-state index >= 15 is 0 Å². The third-order valence-electron chi connectivity index (χ3n) is 2.50. The van der Waals surface area contributed by atoms with Crippen LogP contribution in [0.2, 0.25) is 26.2 Å². The van der Waals surface area contributed by atoms with Gasteiger partial charge in [-0.3, -0.25) is 0 Å². The molecular weight excluding hydrogens is 352 g/mol. The first-order valence-electron chi connectivity index (χ1n) is 7.73. The third kappa shape index (κ3) is 7.46. The Morgan fingerprint density at radius 1 is 0.727 bits per heavy atom. The monoisotopic (exact) mass is 384 g/mol. The Labute approximate surface area is 140 Å². The van der Waals surface area contributed by atoms with Gasteiger partial charge in [0.15, 0.2) is 0 Å². The summed E-state index contributed by atoms with van der Waals surface area (Å²) in [7, 11) is -9.50. The predicted octanol–water partition coefficient (Wildman–Crippen LogP) is 2.53. The molecule has 22 heavy (non-hydrogen) atoms. The topological polar surface area (TPSA) is 55.4 Å². The van der Waals surface area contributed by atoms with Gasteiger partial charge in [0, 0.05) is 13.1 Å². The van der Waals surface area contributed by atoms with Crippen molar-refractivity contribution in [2.75, 3.05) is 0 Å². The Balaban J connectivity index is 3.06. The zero-order valence-electron chi connectivity index (χ0n) is 15.6. The second-order valence-corrected chi connectivity index (χ2v) is 17.7. The number of rotatable bonds is 2. The van der Waals surface area contributed by atoms with E-state index in [1.807, 2.05) is 67.7 Å². The zero-order valence-corrected chi connectivity index (χ0v) is 19.9. The van der Waals surface area contributed by atoms with E-state index in [0.717, 1.165) is 0 Å². The summed E-state index contributed by atoms with van der Waals surface area (Å²) in [5.74, 6) is 0. The molecule has 0 bridgehead atoms. The Hall–Kier alpha value is 0.628. The van der Waals surface area contributed by atoms with E-state index in [0.29, 0.717) is 0 Å². The van der Waals surface area contributed by atoms with Crippen molar-refractivity contribution in [3.05, 3.63) is 0 Å². The summed E-state index contributed by atoms with van der Waals surface area (Å²) in [5.41, 5.74) is -0.733. The molecule has 0 amide bonds. The van der Waals surface area contributed by atoms with Crippen LogP contribution in [0, 0.1) is 0 Å². The molecule has 0 saturated carbocycles. The van der Waals surface area contributed by atoms with Gasteiger partial charge in [0.2, 0.25) is 0 Å². The van der Waals surface area contributed by atoms with E-state index in [1.165, 1.54) is 0 Å². The lowest BCUT2D eigenvalue weighted by Crippen LogP contribution is -2.64. The van der Waals surface area contributed by atoms with Crippen LogP contribution >= 0.6 is 0 Å². The molecule has 0 N–H and O–H groups in total. The van der Waals surface area contributed by atoms with Crippen molar-refractivity contribution < 1.29 is 25.3 Å². The fourth-order valence-corrected chi connectivity index (χ4v) is 17.8. The molecule has 0 spiro atoms. The second-order valence-electron chi connectivity index (χ2n) is 7.76. The average Bonchev–Trinajstić information content (AvgIpc) is 2.03. The van der Waals surface area contributed by atoms with Crippen molar-refractivity contribution in [1.82, 2.24) is 0 Å². The second kappa shape index (κ2) is 6.86. The fourth-order valence-electron chi connectivity index (χ4n) is 2.52. The van der Waals surface area contributed by atoms with Crippen LogP contribution < -0.4 is 0 Å². The summed E-state index contributed by atoms with van der Waals surface area (Å²) in [4.78, 5) is 0. The number of hydrogen-bond donors (Lipinski definition) is 0. The predicted molar refractivity (Wildman–Crippen MR) is 95.3 cm³/mol. The summed E-state index contributed by atoms with van der Waals surface area (Å²) in [6.45, 7) is 19.7. The molecule has 0 aliphatic carbocycles. The Morgan fingerprint density at radius 3 is 1.32 bits per heavy atom. The first-order valence-corrected chi connectivity index (χ1v) is 16.4. The molecule has 10 heteroatoms. The average molecular weight is 385 g/mol. The molecule has 6 nitrogen and oxygen atoms in total. The van der Waals surface area contributed by atoms with Gasteiger partial charge in [-0.2, -0.15) is 0 Å². The first-order chi connectivity index (χ1) is 9.62. The molecule has 1 saturated heterocycles. The van der Waals surface area contributed by atoms with Gasteiger partial charge < -0.3 is 25.3 Å². The van der Waals surface area contributed by atoms with Crippen LogP contribution in [0.1, 0.15) is 41.5 Å². The SMILES string of the molecule is C[SiH]1O[SiH](C)O[Si](C)(OC(C)(C)C)O[Si](C)(OC(C)(C)C)O1. The van der Waals surface area contributed by atoms with Crippen molar-refractivity contribution in [3.63, 3.8) is 0 Å². The molecule has 0 aromatic heterocycles. The summed E-state index contributed by atoms with van der Waals surface area (Å²) in [6.07, 6.45) is 0. The molecule has 0 aromatic rings. The maximum atomic E-state index is 6.34. The summed E-state index contributed by atoms with van der Waals surface area (Å²) in [6, 6.07) is 0. The van der Waals surface area contributed by atoms with Crippen molar-refractivity contribution in [3.8, 4) is 0 Å². The lowest BCUT2D eigenvalue weighted by molar-refractivity contribution is 0.00213. The highest BCUT2D eigenvalue weighted by atomic mass is 28.5. The fraction of sp³-hybridized carbons (Fsp3) is 1.00. The van der Waals surface area contributed by atoms with Gasteiger partial charge in [0.1, 0.15) is 0 Å². The van der Waals surface area contributed by atoms with Gasteiger partial charge in [0.25, 0.3) is 0 Å². The standard InChI is InChI=1S/C12H32O6Si4/c1-11(2,3)13-21(9)16-19(7)15-20(8)17-22(10,18-21)14-12(4,5)6/h19-20H,1-10H3. The van der Waals surface area contributed by atoms with Crippen LogP contribution in [0.3, 0.4) is 0 Å². The zero-order chi connectivity index (χ0) is 17.4. The highest BCUT2D eigenvalue weighted by Crippen LogP contribution is 2.30. The molecule has 0 radical (unpaired) electrons. The highest BCUT2D eigenvalue weighted by molar-refractivity contribution is 6.82. The molecule has 0 aromatic carbocycles. The number of hydrogen-bond acceptors (Lipinski definition) is 6. The van der Waals surface area contributed by atoms with Crippen molar-refractivity contribution in [1.29, 1.82) is 0 Å². The quantitative estimate of drug-likeness (QED) is 0.682. The van der Waals surface area contributed by atoms with E-state index in [9.17, 15) is 0 Å². The van der Waals surface area contributed by atoms with Crippen LogP contribution in [-0.4, -0.2) is 47.4 Å². The van der Waals surface area contributed by atoms with E-state index in [1.54, 1.807) is 0 Å². The summed E-state index contributed by atoms with van der Waals surface area (Å²) in [5, 5.41) is 0. The van der Waals surface area contributed by atoms with Crippen LogP contribution in [0.4, 0.5) is 0 Å². The van der Waals surface area contributed by atoms with Gasteiger partial charge in [-0.1, -0.05) is 0 Å². The molecule has 1 rings (SSSR count). The molecule has 4 unspecified atom stereocenters. The summed E-state index contributed by atoms with van der Waals surface area (Å²) >= 11 is 0. The van der Waals surface area contributed by atoms with Crippen LogP contribution in [0.15, 0.2) is 0 Å². The van der Waals surface area contributed by atoms with Crippen molar-refractivity contribution in [2.45, 2.75) is 78.9 Å². The third-order valence-corrected chi connectivity index (χ3v) is 16.6. The first kappa shape index (κ1) is 20.7. The molecule has 1 fully saturated rings. The Kier molecular flexibility index (Phi) is 6.45. The van der Waals surface area contributed by atoms with Gasteiger partial charge >= 0.3 is 36.2 Å². The van der Waals surface area contributed by atoms with E-state index < -0.39 is 36.2 Å². The normalized spacial score (nSPS) is 38.5. The Morgan fingerprint density at radius 2 is 1.05 bits per heavy atom. The van der Waals surface area contributed by atoms with Gasteiger partial charge in [-0.05, 0) is 54.6 Å². The van der Waals surface area contributed by atoms with Crippen molar-refractivity contribution in [2.24, 2.45) is 0 Å². The van der Waals surface area contributed by atoms with E-state index in [4.69, 9.17) is 25.3 Å². The van der Waals surface area contributed by atoms with Gasteiger partial charge in [0.05, 0.1) is 11.2 Å². The van der Waals surface area contributed by atoms with Crippen LogP contribution in [-0.2, 0) is 25.3 Å². The molecule has 132 valence electrons. The van der Waals surface area contributed by atoms with Gasteiger partial charge in [-0.15, -0.1) is 0 Å². The minimum atomic E-state index is -2.91. The lowest BCUT2D eigenvalue weighted by Gasteiger charge is -2.44. The van der Waals surface area contributed by atoms with Crippen LogP contribution in [0.5, 0.6) is 0 Å². The lowest BCUT2D eigenvalue weighted by atomic mass is 10.2. The van der Waals surface area contributed by atoms with Crippen LogP contribution in [0.25, 0.3) is 0 Å². The smallest absolute Gasteiger partial charge is 0.420 e. The van der Waals surface area contributed by atoms with E-state index in [2.05, 4.69) is 0 Å². The van der Waals surface area contributed by atoms with Crippen molar-refractivity contribution >= 4 is 36.2 Å². The minimum absolute atomic E-state index is 0.367. The van der Waals surface area contributed by atoms with Gasteiger partial charge in [-0.25, -0.2) is 0 Å². The highest BCUT2D eigenvalue weighted by Gasteiger charge is 2.54. The molecule has 1 heterocycles. The molecular formula is C12H32O6Si4. The molecule has 1 aliphatic heterocycles. The molecule has 4 atom stereocenters.